The number of allylic oxidation sites excluding steroid dienone is 7. The second-order valence-electron chi connectivity index (χ2n) is 23.5. The van der Waals surface area contributed by atoms with E-state index in [1.807, 2.05) is 11.9 Å². The van der Waals surface area contributed by atoms with Gasteiger partial charge in [-0.2, -0.15) is 0 Å². The van der Waals surface area contributed by atoms with E-state index in [0.717, 1.165) is 37.8 Å². The topological polar surface area (TPSA) is 6.48 Å². The van der Waals surface area contributed by atoms with Gasteiger partial charge in [-0.3, -0.25) is 4.31 Å². The van der Waals surface area contributed by atoms with Gasteiger partial charge in [0.2, 0.25) is 6.71 Å². The third-order valence-electron chi connectivity index (χ3n) is 17.5. The molecule has 0 bridgehead atoms. The summed E-state index contributed by atoms with van der Waals surface area (Å²) in [7, 11) is 0. The Morgan fingerprint density at radius 2 is 1.29 bits per heavy atom. The van der Waals surface area contributed by atoms with Gasteiger partial charge in [0.05, 0.1) is 11.4 Å². The first kappa shape index (κ1) is 45.1. The normalized spacial score (nSPS) is 19.8. The van der Waals surface area contributed by atoms with E-state index in [4.69, 9.17) is 6.58 Å². The molecule has 4 heteroatoms. The van der Waals surface area contributed by atoms with E-state index in [1.165, 1.54) is 116 Å². The number of aryl methyl sites for hydroxylation is 2. The van der Waals surface area contributed by atoms with Crippen LogP contribution >= 0.6 is 11.9 Å². The van der Waals surface area contributed by atoms with Crippen LogP contribution in [0.3, 0.4) is 0 Å². The lowest BCUT2D eigenvalue weighted by Gasteiger charge is -2.43. The molecule has 0 aromatic heterocycles. The molecule has 0 unspecified atom stereocenters. The van der Waals surface area contributed by atoms with E-state index in [2.05, 4.69) is 234 Å². The van der Waals surface area contributed by atoms with Gasteiger partial charge in [-0.1, -0.05) is 181 Å². The first-order valence-corrected chi connectivity index (χ1v) is 27.0. The number of benzene rings is 7. The van der Waals surface area contributed by atoms with Crippen LogP contribution in [-0.2, 0) is 22.7 Å². The highest BCUT2D eigenvalue weighted by atomic mass is 32.2. The first-order chi connectivity index (χ1) is 34.7. The molecule has 4 aliphatic carbocycles. The number of hydrogen-bond acceptors (Lipinski definition) is 3. The van der Waals surface area contributed by atoms with Gasteiger partial charge in [-0.25, -0.2) is 0 Å². The van der Waals surface area contributed by atoms with Crippen molar-refractivity contribution in [3.63, 3.8) is 0 Å². The maximum absolute atomic E-state index is 5.27. The second kappa shape index (κ2) is 16.1. The maximum Gasteiger partial charge on any atom is 0.249 e. The molecule has 0 amide bonds. The molecule has 7 aromatic carbocycles. The lowest BCUT2D eigenvalue weighted by molar-refractivity contribution is 0.394. The predicted octanol–water partition coefficient (Wildman–Crippen LogP) is 16.4. The fourth-order valence-corrected chi connectivity index (χ4v) is 15.6. The van der Waals surface area contributed by atoms with Crippen molar-refractivity contribution >= 4 is 57.9 Å². The Morgan fingerprint density at radius 1 is 0.639 bits per heavy atom. The van der Waals surface area contributed by atoms with Crippen LogP contribution in [-0.4, -0.2) is 6.71 Å². The van der Waals surface area contributed by atoms with Gasteiger partial charge in [-0.05, 0) is 188 Å². The highest BCUT2D eigenvalue weighted by molar-refractivity contribution is 8.04. The Morgan fingerprint density at radius 3 is 2.01 bits per heavy atom. The lowest BCUT2D eigenvalue weighted by atomic mass is 9.33. The summed E-state index contributed by atoms with van der Waals surface area (Å²) in [6.45, 7) is 26.5. The van der Waals surface area contributed by atoms with Crippen LogP contribution in [0.15, 0.2) is 205 Å². The molecular formula is C68H63BN2S. The summed E-state index contributed by atoms with van der Waals surface area (Å²) in [5.41, 5.74) is 27.3. The van der Waals surface area contributed by atoms with Crippen molar-refractivity contribution in [1.82, 2.24) is 0 Å². The molecule has 2 aliphatic heterocycles. The highest BCUT2D eigenvalue weighted by Gasteiger charge is 2.49. The molecule has 2 nitrogen and oxygen atoms in total. The number of hydrogen-bond donors (Lipinski definition) is 0. The van der Waals surface area contributed by atoms with Crippen molar-refractivity contribution in [3.05, 3.63) is 255 Å². The van der Waals surface area contributed by atoms with E-state index in [9.17, 15) is 0 Å². The van der Waals surface area contributed by atoms with E-state index in [-0.39, 0.29) is 28.4 Å². The molecule has 0 saturated heterocycles. The predicted molar refractivity (Wildman–Crippen MR) is 309 cm³/mol. The largest absolute Gasteiger partial charge is 0.311 e. The Labute approximate surface area is 432 Å². The second-order valence-corrected chi connectivity index (χ2v) is 24.6. The third kappa shape index (κ3) is 6.63. The number of anilines is 4. The van der Waals surface area contributed by atoms with Crippen molar-refractivity contribution in [2.75, 3.05) is 9.21 Å². The molecule has 2 heterocycles. The van der Waals surface area contributed by atoms with Crippen molar-refractivity contribution in [3.8, 4) is 11.1 Å². The van der Waals surface area contributed by atoms with E-state index < -0.39 is 0 Å². The van der Waals surface area contributed by atoms with Gasteiger partial charge in [0.15, 0.2) is 0 Å². The molecule has 0 N–H and O–H groups in total. The summed E-state index contributed by atoms with van der Waals surface area (Å²) in [6, 6.07) is 58.2. The molecule has 0 spiro atoms. The van der Waals surface area contributed by atoms with Crippen LogP contribution in [0.2, 0.25) is 0 Å². The van der Waals surface area contributed by atoms with Crippen molar-refractivity contribution in [2.45, 2.75) is 96.8 Å². The number of fused-ring (bicyclic) bond motifs is 7. The van der Waals surface area contributed by atoms with Crippen molar-refractivity contribution in [1.29, 1.82) is 0 Å². The fraction of sp³-hybridized carbons (Fsp3) is 0.235. The van der Waals surface area contributed by atoms with Crippen molar-refractivity contribution in [2.24, 2.45) is 5.41 Å². The van der Waals surface area contributed by atoms with Gasteiger partial charge in [0.1, 0.15) is 0 Å². The fourth-order valence-electron chi connectivity index (χ4n) is 14.2. The van der Waals surface area contributed by atoms with Gasteiger partial charge in [-0.15, -0.1) is 6.58 Å². The summed E-state index contributed by atoms with van der Waals surface area (Å²) in [5, 5.41) is 0. The minimum Gasteiger partial charge on any atom is -0.311 e. The molecule has 6 aliphatic rings. The van der Waals surface area contributed by atoms with E-state index in [0.29, 0.717) is 0 Å². The van der Waals surface area contributed by atoms with Crippen LogP contribution < -0.4 is 20.1 Å². The van der Waals surface area contributed by atoms with Gasteiger partial charge in [0, 0.05) is 32.8 Å². The van der Waals surface area contributed by atoms with Crippen LogP contribution in [0.4, 0.5) is 22.7 Å². The molecular weight excluding hydrogens is 888 g/mol. The maximum atomic E-state index is 5.27. The zero-order valence-corrected chi connectivity index (χ0v) is 43.8. The molecule has 354 valence electrons. The average molecular weight is 951 g/mol. The molecule has 0 fully saturated rings. The average Bonchev–Trinajstić information content (AvgIpc) is 4.06. The van der Waals surface area contributed by atoms with E-state index >= 15 is 0 Å². The minimum absolute atomic E-state index is 0.0728. The zero-order chi connectivity index (χ0) is 49.5. The summed E-state index contributed by atoms with van der Waals surface area (Å²) < 4.78 is 2.55. The van der Waals surface area contributed by atoms with Crippen LogP contribution in [0, 0.1) is 12.3 Å². The lowest BCUT2D eigenvalue weighted by Crippen LogP contribution is -2.54. The highest BCUT2D eigenvalue weighted by Crippen LogP contribution is 2.57. The van der Waals surface area contributed by atoms with Gasteiger partial charge >= 0.3 is 0 Å². The van der Waals surface area contributed by atoms with Crippen LogP contribution in [0.1, 0.15) is 117 Å². The first-order valence-electron chi connectivity index (χ1n) is 26.2. The molecule has 0 radical (unpaired) electrons. The molecule has 0 atom stereocenters. The molecule has 0 saturated carbocycles. The Kier molecular flexibility index (Phi) is 10.1. The van der Waals surface area contributed by atoms with Crippen LogP contribution in [0.25, 0.3) is 16.7 Å². The summed E-state index contributed by atoms with van der Waals surface area (Å²) >= 11 is 1.91. The number of nitrogens with zero attached hydrogens (tertiary/aromatic N) is 2. The Bertz CT molecular complexity index is 3530. The zero-order valence-electron chi connectivity index (χ0n) is 43.0. The molecule has 72 heavy (non-hydrogen) atoms. The van der Waals surface area contributed by atoms with Crippen LogP contribution in [0.5, 0.6) is 0 Å². The van der Waals surface area contributed by atoms with Gasteiger partial charge < -0.3 is 4.90 Å². The minimum atomic E-state index is -0.304. The summed E-state index contributed by atoms with van der Waals surface area (Å²) in [5.74, 6) is 0. The smallest absolute Gasteiger partial charge is 0.249 e. The Hall–Kier alpha value is -6.75. The molecule has 13 rings (SSSR count). The Balaban J connectivity index is 1.09. The summed E-state index contributed by atoms with van der Waals surface area (Å²) in [4.78, 5) is 4.06. The molecule has 7 aromatic rings. The monoisotopic (exact) mass is 950 g/mol. The third-order valence-corrected chi connectivity index (χ3v) is 18.7. The number of rotatable bonds is 6. The van der Waals surface area contributed by atoms with Gasteiger partial charge in [0.25, 0.3) is 0 Å². The van der Waals surface area contributed by atoms with Crippen molar-refractivity contribution < 1.29 is 0 Å². The summed E-state index contributed by atoms with van der Waals surface area (Å²) in [6.07, 6.45) is 11.8. The quantitative estimate of drug-likeness (QED) is 0.0932. The SMILES string of the molecule is C=C/C(=C\C=C1/CC(C)(C)c2ccccc21)N1SC2=C(CC(C)(C)C2)C(=C)B2c3cc4c(cc3N(c3ccc5c(c3)C(C)(C)c3ccccc3-5)c3cc(C)cc1c32)CCC4(c1ccccc1)c1ccccc1. The van der Waals surface area contributed by atoms with E-state index in [1.54, 1.807) is 0 Å². The standard InChI is InChI=1S/C68H63BN2S/c1-10-49(30-29-46-40-66(6,7)55-27-19-17-25-51(46)55)71-62-36-43(2)35-61-64(62)69(44(3)54-41-65(4,5)42-63(54)72-71)59-39-57-45(33-34-68(57,47-21-13-11-14-22-47)48-23-15-12-16-24-48)37-60(59)70(61)50-31-32-53-52-26-18-20-28-56(52)67(8,9)58(53)38-50/h10-32,35-39H,1,3,33-34,40-42H2,2,4-9H3/b46-29+,49-30+.